The summed E-state index contributed by atoms with van der Waals surface area (Å²) in [5.74, 6) is -1.47. The maximum absolute atomic E-state index is 13.1. The Morgan fingerprint density at radius 1 is 1.59 bits per heavy atom. The highest BCUT2D eigenvalue weighted by molar-refractivity contribution is 5.94. The summed E-state index contributed by atoms with van der Waals surface area (Å²) in [7, 11) is 0. The third kappa shape index (κ3) is 3.07. The molecule has 0 spiro atoms. The molecule has 1 aliphatic rings. The zero-order valence-corrected chi connectivity index (χ0v) is 12.1. The van der Waals surface area contributed by atoms with Gasteiger partial charge in [-0.3, -0.25) is 9.78 Å². The number of halogens is 3. The minimum Gasteiger partial charge on any atom is -0.390 e. The number of ether oxygens (including phenoxy) is 1. The first-order valence-electron chi connectivity index (χ1n) is 6.78. The SMILES string of the molecule is CC1CC(C(=O)Nc2ccnc(CO)c2)OC1(C)C(F)(F)F. The maximum Gasteiger partial charge on any atom is 0.417 e. The van der Waals surface area contributed by atoms with Crippen LogP contribution < -0.4 is 5.32 Å². The Morgan fingerprint density at radius 3 is 2.82 bits per heavy atom. The molecule has 0 radical (unpaired) electrons. The fourth-order valence-electron chi connectivity index (χ4n) is 2.38. The van der Waals surface area contributed by atoms with E-state index in [0.717, 1.165) is 6.92 Å². The average Bonchev–Trinajstić information content (AvgIpc) is 2.76. The molecule has 1 aromatic heterocycles. The smallest absolute Gasteiger partial charge is 0.390 e. The van der Waals surface area contributed by atoms with Crippen LogP contribution in [0.15, 0.2) is 18.3 Å². The summed E-state index contributed by atoms with van der Waals surface area (Å²) < 4.78 is 44.2. The fraction of sp³-hybridized carbons (Fsp3) is 0.571. The van der Waals surface area contributed by atoms with Crippen LogP contribution in [0.3, 0.4) is 0 Å². The molecule has 1 aliphatic heterocycles. The lowest BCUT2D eigenvalue weighted by atomic mass is 9.89. The molecule has 0 aliphatic carbocycles. The predicted molar refractivity (Wildman–Crippen MR) is 71.9 cm³/mol. The molecule has 0 saturated carbocycles. The number of aliphatic hydroxyl groups is 1. The Hall–Kier alpha value is -1.67. The normalized spacial score (nSPS) is 28.6. The number of amides is 1. The zero-order chi connectivity index (χ0) is 16.5. The molecule has 0 aromatic carbocycles. The molecule has 1 fully saturated rings. The highest BCUT2D eigenvalue weighted by Gasteiger charge is 2.61. The molecule has 1 aromatic rings. The summed E-state index contributed by atoms with van der Waals surface area (Å²) in [6.07, 6.45) is -4.34. The van der Waals surface area contributed by atoms with Gasteiger partial charge in [0.2, 0.25) is 0 Å². The van der Waals surface area contributed by atoms with Gasteiger partial charge in [0, 0.05) is 11.9 Å². The van der Waals surface area contributed by atoms with Crippen LogP contribution in [-0.4, -0.2) is 33.9 Å². The van der Waals surface area contributed by atoms with E-state index in [9.17, 15) is 18.0 Å². The first-order valence-corrected chi connectivity index (χ1v) is 6.78. The van der Waals surface area contributed by atoms with Crippen LogP contribution in [0.4, 0.5) is 18.9 Å². The van der Waals surface area contributed by atoms with Gasteiger partial charge in [-0.05, 0) is 31.4 Å². The molecule has 1 amide bonds. The largest absolute Gasteiger partial charge is 0.417 e. The highest BCUT2D eigenvalue weighted by atomic mass is 19.4. The Kier molecular flexibility index (Phi) is 4.44. The van der Waals surface area contributed by atoms with Crippen molar-refractivity contribution in [2.75, 3.05) is 5.32 Å². The van der Waals surface area contributed by atoms with Crippen LogP contribution in [0.25, 0.3) is 0 Å². The molecule has 2 N–H and O–H groups in total. The number of nitrogens with zero attached hydrogens (tertiary/aromatic N) is 1. The van der Waals surface area contributed by atoms with Gasteiger partial charge in [-0.2, -0.15) is 13.2 Å². The lowest BCUT2D eigenvalue weighted by Gasteiger charge is -2.30. The first-order chi connectivity index (χ1) is 10.2. The number of alkyl halides is 3. The van der Waals surface area contributed by atoms with Crippen LogP contribution >= 0.6 is 0 Å². The molecule has 0 bridgehead atoms. The van der Waals surface area contributed by atoms with Crippen molar-refractivity contribution in [1.82, 2.24) is 4.98 Å². The first kappa shape index (κ1) is 16.7. The van der Waals surface area contributed by atoms with E-state index in [0.29, 0.717) is 11.4 Å². The van der Waals surface area contributed by atoms with Crippen molar-refractivity contribution >= 4 is 11.6 Å². The number of hydrogen-bond acceptors (Lipinski definition) is 4. The molecule has 22 heavy (non-hydrogen) atoms. The van der Waals surface area contributed by atoms with Crippen molar-refractivity contribution in [3.63, 3.8) is 0 Å². The molecule has 3 unspecified atom stereocenters. The summed E-state index contributed by atoms with van der Waals surface area (Å²) in [6, 6.07) is 2.93. The van der Waals surface area contributed by atoms with Gasteiger partial charge in [0.05, 0.1) is 12.3 Å². The van der Waals surface area contributed by atoms with E-state index in [1.54, 1.807) is 0 Å². The summed E-state index contributed by atoms with van der Waals surface area (Å²) in [6.45, 7) is 2.07. The predicted octanol–water partition coefficient (Wildman–Crippen LogP) is 2.26. The minimum atomic E-state index is -4.54. The van der Waals surface area contributed by atoms with Crippen LogP contribution in [0.5, 0.6) is 0 Å². The van der Waals surface area contributed by atoms with Gasteiger partial charge in [0.25, 0.3) is 5.91 Å². The van der Waals surface area contributed by atoms with Crippen molar-refractivity contribution in [3.8, 4) is 0 Å². The van der Waals surface area contributed by atoms with E-state index in [4.69, 9.17) is 9.84 Å². The van der Waals surface area contributed by atoms with Crippen molar-refractivity contribution < 1.29 is 27.8 Å². The third-order valence-corrected chi connectivity index (χ3v) is 4.00. The number of aromatic nitrogens is 1. The summed E-state index contributed by atoms with van der Waals surface area (Å²) in [4.78, 5) is 15.9. The van der Waals surface area contributed by atoms with Crippen LogP contribution in [-0.2, 0) is 16.1 Å². The molecule has 2 rings (SSSR count). The van der Waals surface area contributed by atoms with Crippen molar-refractivity contribution in [2.45, 2.75) is 44.8 Å². The third-order valence-electron chi connectivity index (χ3n) is 4.00. The quantitative estimate of drug-likeness (QED) is 0.897. The Labute approximate surface area is 125 Å². The van der Waals surface area contributed by atoms with Gasteiger partial charge in [-0.15, -0.1) is 0 Å². The zero-order valence-electron chi connectivity index (χ0n) is 12.1. The topological polar surface area (TPSA) is 71.5 Å². The number of hydrogen-bond donors (Lipinski definition) is 2. The van der Waals surface area contributed by atoms with Gasteiger partial charge >= 0.3 is 6.18 Å². The average molecular weight is 318 g/mol. The van der Waals surface area contributed by atoms with E-state index in [-0.39, 0.29) is 13.0 Å². The molecule has 2 heterocycles. The number of carbonyl (C=O) groups excluding carboxylic acids is 1. The Balaban J connectivity index is 2.08. The molecular weight excluding hydrogens is 301 g/mol. The lowest BCUT2D eigenvalue weighted by molar-refractivity contribution is -0.272. The van der Waals surface area contributed by atoms with E-state index in [2.05, 4.69) is 10.3 Å². The fourth-order valence-corrected chi connectivity index (χ4v) is 2.38. The molecule has 3 atom stereocenters. The number of carbonyl (C=O) groups is 1. The van der Waals surface area contributed by atoms with Crippen LogP contribution in [0.1, 0.15) is 26.0 Å². The van der Waals surface area contributed by atoms with Gasteiger partial charge in [0.1, 0.15) is 6.10 Å². The van der Waals surface area contributed by atoms with Crippen molar-refractivity contribution in [2.24, 2.45) is 5.92 Å². The molecule has 8 heteroatoms. The van der Waals surface area contributed by atoms with Gasteiger partial charge in [-0.1, -0.05) is 6.92 Å². The number of anilines is 1. The monoisotopic (exact) mass is 318 g/mol. The lowest BCUT2D eigenvalue weighted by Crippen LogP contribution is -2.47. The van der Waals surface area contributed by atoms with Crippen molar-refractivity contribution in [1.29, 1.82) is 0 Å². The number of aliphatic hydroxyl groups excluding tert-OH is 1. The van der Waals surface area contributed by atoms with E-state index >= 15 is 0 Å². The van der Waals surface area contributed by atoms with Gasteiger partial charge in [-0.25, -0.2) is 0 Å². The summed E-state index contributed by atoms with van der Waals surface area (Å²) >= 11 is 0. The van der Waals surface area contributed by atoms with E-state index in [1.807, 2.05) is 0 Å². The second kappa shape index (κ2) is 5.85. The summed E-state index contributed by atoms with van der Waals surface area (Å²) in [5.41, 5.74) is -1.64. The van der Waals surface area contributed by atoms with Crippen molar-refractivity contribution in [3.05, 3.63) is 24.0 Å². The van der Waals surface area contributed by atoms with E-state index < -0.39 is 29.7 Å². The van der Waals surface area contributed by atoms with Crippen LogP contribution in [0, 0.1) is 5.92 Å². The standard InChI is InChI=1S/C14H17F3N2O3/c1-8-5-11(22-13(8,2)14(15,16)17)12(21)19-9-3-4-18-10(6-9)7-20/h3-4,6,8,11,20H,5,7H2,1-2H3,(H,18,19,21). The molecular formula is C14H17F3N2O3. The number of rotatable bonds is 3. The molecule has 1 saturated heterocycles. The minimum absolute atomic E-state index is 0.0141. The second-order valence-electron chi connectivity index (χ2n) is 5.53. The van der Waals surface area contributed by atoms with Crippen LogP contribution in [0.2, 0.25) is 0 Å². The number of nitrogens with one attached hydrogen (secondary N) is 1. The van der Waals surface area contributed by atoms with Gasteiger partial charge < -0.3 is 15.2 Å². The number of pyridine rings is 1. The Morgan fingerprint density at radius 2 is 2.27 bits per heavy atom. The molecule has 122 valence electrons. The molecule has 5 nitrogen and oxygen atoms in total. The van der Waals surface area contributed by atoms with E-state index in [1.165, 1.54) is 25.3 Å². The summed E-state index contributed by atoms with van der Waals surface area (Å²) in [5, 5.41) is 11.5. The van der Waals surface area contributed by atoms with Gasteiger partial charge in [0.15, 0.2) is 5.60 Å². The second-order valence-corrected chi connectivity index (χ2v) is 5.53. The highest BCUT2D eigenvalue weighted by Crippen LogP contribution is 2.46. The Bertz CT molecular complexity index is 565. The maximum atomic E-state index is 13.1.